The van der Waals surface area contributed by atoms with E-state index in [1.54, 1.807) is 0 Å². The van der Waals surface area contributed by atoms with Crippen molar-refractivity contribution in [2.24, 2.45) is 0 Å². The van der Waals surface area contributed by atoms with Gasteiger partial charge in [-0.15, -0.1) is 0 Å². The first-order valence-corrected chi connectivity index (χ1v) is 6.89. The first-order valence-electron chi connectivity index (χ1n) is 6.89. The number of carbonyl (C=O) groups is 1. The molecule has 0 heterocycles. The van der Waals surface area contributed by atoms with Gasteiger partial charge in [0.25, 0.3) is 0 Å². The Hall–Kier alpha value is -2.51. The Kier molecular flexibility index (Phi) is 6.02. The Morgan fingerprint density at radius 3 is 2.39 bits per heavy atom. The summed E-state index contributed by atoms with van der Waals surface area (Å²) in [5.74, 6) is -1.75. The van der Waals surface area contributed by atoms with Gasteiger partial charge < -0.3 is 10.4 Å². The highest BCUT2D eigenvalue weighted by Gasteiger charge is 2.18. The molecule has 1 unspecified atom stereocenters. The predicted octanol–water partition coefficient (Wildman–Crippen LogP) is 2.43. The zero-order valence-corrected chi connectivity index (χ0v) is 12.1. The lowest BCUT2D eigenvalue weighted by Crippen LogP contribution is -2.38. The molecule has 2 rings (SSSR count). The summed E-state index contributed by atoms with van der Waals surface area (Å²) in [7, 11) is 0. The SMILES string of the molecule is O=C(NCC(O)c1c(F)cccc1F)NOCc1ccccc1. The van der Waals surface area contributed by atoms with Crippen molar-refractivity contribution in [1.29, 1.82) is 0 Å². The van der Waals surface area contributed by atoms with Gasteiger partial charge in [-0.25, -0.2) is 19.1 Å². The fourth-order valence-corrected chi connectivity index (χ4v) is 1.92. The van der Waals surface area contributed by atoms with Crippen LogP contribution in [0.4, 0.5) is 13.6 Å². The third-order valence-corrected chi connectivity index (χ3v) is 3.04. The number of hydrogen-bond donors (Lipinski definition) is 3. The van der Waals surface area contributed by atoms with Crippen LogP contribution in [0.25, 0.3) is 0 Å². The largest absolute Gasteiger partial charge is 0.386 e. The fraction of sp³-hybridized carbons (Fsp3) is 0.188. The lowest BCUT2D eigenvalue weighted by atomic mass is 10.1. The van der Waals surface area contributed by atoms with Gasteiger partial charge in [-0.1, -0.05) is 36.4 Å². The number of urea groups is 1. The minimum Gasteiger partial charge on any atom is -0.386 e. The Bertz CT molecular complexity index is 633. The zero-order valence-electron chi connectivity index (χ0n) is 12.1. The van der Waals surface area contributed by atoms with Crippen LogP contribution in [0.2, 0.25) is 0 Å². The topological polar surface area (TPSA) is 70.6 Å². The van der Waals surface area contributed by atoms with Crippen LogP contribution in [-0.2, 0) is 11.4 Å². The van der Waals surface area contributed by atoms with E-state index in [2.05, 4.69) is 10.8 Å². The molecule has 0 saturated carbocycles. The first-order chi connectivity index (χ1) is 11.1. The molecular formula is C16H16F2N2O3. The van der Waals surface area contributed by atoms with Crippen LogP contribution < -0.4 is 10.8 Å². The summed E-state index contributed by atoms with van der Waals surface area (Å²) in [5.41, 5.74) is 2.49. The second-order valence-electron chi connectivity index (χ2n) is 4.74. The number of aliphatic hydroxyl groups is 1. The van der Waals surface area contributed by atoms with Gasteiger partial charge in [-0.2, -0.15) is 0 Å². The molecule has 2 amide bonds. The van der Waals surface area contributed by atoms with Crippen LogP contribution in [0.1, 0.15) is 17.2 Å². The maximum Gasteiger partial charge on any atom is 0.338 e. The highest BCUT2D eigenvalue weighted by atomic mass is 19.1. The molecule has 5 nitrogen and oxygen atoms in total. The Morgan fingerprint density at radius 2 is 1.74 bits per heavy atom. The van der Waals surface area contributed by atoms with Gasteiger partial charge in [-0.3, -0.25) is 4.84 Å². The second kappa shape index (κ2) is 8.21. The van der Waals surface area contributed by atoms with Gasteiger partial charge in [0.05, 0.1) is 12.2 Å². The average molecular weight is 322 g/mol. The molecule has 2 aromatic carbocycles. The Morgan fingerprint density at radius 1 is 1.09 bits per heavy atom. The zero-order chi connectivity index (χ0) is 16.7. The molecule has 0 bridgehead atoms. The molecule has 7 heteroatoms. The number of carbonyl (C=O) groups excluding carboxylic acids is 1. The lowest BCUT2D eigenvalue weighted by Gasteiger charge is -2.14. The van der Waals surface area contributed by atoms with Crippen molar-refractivity contribution in [2.75, 3.05) is 6.54 Å². The van der Waals surface area contributed by atoms with Gasteiger partial charge in [0.15, 0.2) is 0 Å². The standard InChI is InChI=1S/C16H16F2N2O3/c17-12-7-4-8-13(18)15(12)14(21)9-19-16(22)20-23-10-11-5-2-1-3-6-11/h1-8,14,21H,9-10H2,(H2,19,20,22). The van der Waals surface area contributed by atoms with Gasteiger partial charge >= 0.3 is 6.03 Å². The minimum atomic E-state index is -1.50. The average Bonchev–Trinajstić information content (AvgIpc) is 2.54. The molecule has 0 aliphatic rings. The molecule has 3 N–H and O–H groups in total. The van der Waals surface area contributed by atoms with Crippen molar-refractivity contribution >= 4 is 6.03 Å². The molecule has 0 aromatic heterocycles. The van der Waals surface area contributed by atoms with Crippen molar-refractivity contribution in [3.05, 3.63) is 71.3 Å². The Balaban J connectivity index is 1.76. The summed E-state index contributed by atoms with van der Waals surface area (Å²) in [6.45, 7) is -0.197. The highest BCUT2D eigenvalue weighted by molar-refractivity contribution is 5.72. The molecule has 0 aliphatic carbocycles. The number of aliphatic hydroxyl groups excluding tert-OH is 1. The van der Waals surface area contributed by atoms with E-state index in [9.17, 15) is 18.7 Å². The molecule has 0 fully saturated rings. The van der Waals surface area contributed by atoms with Gasteiger partial charge in [-0.05, 0) is 17.7 Å². The van der Waals surface area contributed by atoms with E-state index in [0.717, 1.165) is 17.7 Å². The van der Waals surface area contributed by atoms with E-state index in [-0.39, 0.29) is 13.2 Å². The number of nitrogens with one attached hydrogen (secondary N) is 2. The van der Waals surface area contributed by atoms with Crippen LogP contribution in [0.15, 0.2) is 48.5 Å². The summed E-state index contributed by atoms with van der Waals surface area (Å²) in [5, 5.41) is 12.0. The molecule has 23 heavy (non-hydrogen) atoms. The molecule has 122 valence electrons. The van der Waals surface area contributed by atoms with Crippen molar-refractivity contribution in [3.63, 3.8) is 0 Å². The number of hydroxylamine groups is 1. The highest BCUT2D eigenvalue weighted by Crippen LogP contribution is 2.19. The summed E-state index contributed by atoms with van der Waals surface area (Å²) < 4.78 is 26.9. The van der Waals surface area contributed by atoms with Crippen molar-refractivity contribution in [2.45, 2.75) is 12.7 Å². The third-order valence-electron chi connectivity index (χ3n) is 3.04. The van der Waals surface area contributed by atoms with E-state index >= 15 is 0 Å². The number of rotatable bonds is 6. The quantitative estimate of drug-likeness (QED) is 0.715. The maximum atomic E-state index is 13.5. The van der Waals surface area contributed by atoms with Gasteiger partial charge in [0, 0.05) is 6.54 Å². The van der Waals surface area contributed by atoms with Gasteiger partial charge in [0.2, 0.25) is 0 Å². The van der Waals surface area contributed by atoms with Crippen LogP contribution in [0.5, 0.6) is 0 Å². The maximum absolute atomic E-state index is 13.5. The van der Waals surface area contributed by atoms with E-state index in [4.69, 9.17) is 4.84 Å². The van der Waals surface area contributed by atoms with E-state index < -0.39 is 29.3 Å². The third kappa shape index (κ3) is 5.01. The first kappa shape index (κ1) is 16.9. The molecule has 0 radical (unpaired) electrons. The van der Waals surface area contributed by atoms with Crippen LogP contribution in [-0.4, -0.2) is 17.7 Å². The number of benzene rings is 2. The van der Waals surface area contributed by atoms with Crippen molar-refractivity contribution < 1.29 is 23.5 Å². The van der Waals surface area contributed by atoms with Gasteiger partial charge in [0.1, 0.15) is 17.7 Å². The van der Waals surface area contributed by atoms with Crippen molar-refractivity contribution in [3.8, 4) is 0 Å². The number of halogens is 2. The van der Waals surface area contributed by atoms with E-state index in [0.29, 0.717) is 0 Å². The van der Waals surface area contributed by atoms with Crippen LogP contribution in [0.3, 0.4) is 0 Å². The van der Waals surface area contributed by atoms with Crippen molar-refractivity contribution in [1.82, 2.24) is 10.8 Å². The number of hydrogen-bond acceptors (Lipinski definition) is 3. The summed E-state index contributed by atoms with van der Waals surface area (Å²) in [6, 6.07) is 11.7. The summed E-state index contributed by atoms with van der Waals surface area (Å²) >= 11 is 0. The molecule has 0 aliphatic heterocycles. The molecule has 0 saturated heterocycles. The molecule has 2 aromatic rings. The number of amides is 2. The lowest BCUT2D eigenvalue weighted by molar-refractivity contribution is 0.0476. The summed E-state index contributed by atoms with van der Waals surface area (Å²) in [4.78, 5) is 16.5. The second-order valence-corrected chi connectivity index (χ2v) is 4.74. The normalized spacial score (nSPS) is 11.8. The smallest absolute Gasteiger partial charge is 0.338 e. The fourth-order valence-electron chi connectivity index (χ4n) is 1.92. The van der Waals surface area contributed by atoms with E-state index in [1.807, 2.05) is 30.3 Å². The van der Waals surface area contributed by atoms with Crippen LogP contribution in [0, 0.1) is 11.6 Å². The minimum absolute atomic E-state index is 0.165. The van der Waals surface area contributed by atoms with E-state index in [1.165, 1.54) is 6.07 Å². The molecule has 0 spiro atoms. The molecular weight excluding hydrogens is 306 g/mol. The predicted molar refractivity (Wildman–Crippen MR) is 79.1 cm³/mol. The van der Waals surface area contributed by atoms with Crippen LogP contribution >= 0.6 is 0 Å². The monoisotopic (exact) mass is 322 g/mol. The Labute approximate surface area is 131 Å². The molecule has 1 atom stereocenters. The summed E-state index contributed by atoms with van der Waals surface area (Å²) in [6.07, 6.45) is -1.50.